The van der Waals surface area contributed by atoms with Crippen molar-refractivity contribution in [3.05, 3.63) is 15.6 Å². The summed E-state index contributed by atoms with van der Waals surface area (Å²) in [7, 11) is 2.90. The lowest BCUT2D eigenvalue weighted by atomic mass is 10.4. The van der Waals surface area contributed by atoms with Crippen molar-refractivity contribution in [2.75, 3.05) is 14.2 Å². The molecule has 1 rings (SSSR count). The van der Waals surface area contributed by atoms with Gasteiger partial charge < -0.3 is 9.47 Å². The summed E-state index contributed by atoms with van der Waals surface area (Å²) in [5.74, 6) is 0.217. The van der Waals surface area contributed by atoms with Gasteiger partial charge in [0, 0.05) is 0 Å². The Bertz CT molecular complexity index is 293. The van der Waals surface area contributed by atoms with E-state index in [1.165, 1.54) is 14.2 Å². The van der Waals surface area contributed by atoms with Crippen LogP contribution in [0.5, 0.6) is 11.6 Å². The molecular formula is C7H7FINO2. The van der Waals surface area contributed by atoms with E-state index in [0.29, 0.717) is 15.2 Å². The van der Waals surface area contributed by atoms with Crippen molar-refractivity contribution in [3.8, 4) is 11.6 Å². The molecule has 1 heterocycles. The fourth-order valence-electron chi connectivity index (χ4n) is 0.755. The lowest BCUT2D eigenvalue weighted by molar-refractivity contribution is 0.337. The fourth-order valence-corrected chi connectivity index (χ4v) is 1.35. The quantitative estimate of drug-likeness (QED) is 0.776. The first-order chi connectivity index (χ1) is 5.70. The lowest BCUT2D eigenvalue weighted by Crippen LogP contribution is -1.97. The first-order valence-corrected chi connectivity index (χ1v) is 4.20. The molecule has 0 aliphatic rings. The van der Waals surface area contributed by atoms with Crippen molar-refractivity contribution in [3.63, 3.8) is 0 Å². The van der Waals surface area contributed by atoms with Crippen LogP contribution in [0.2, 0.25) is 0 Å². The number of halogens is 2. The SMILES string of the molecule is COc1ncc(F)c(I)c1OC. The molecule has 5 heteroatoms. The average molecular weight is 283 g/mol. The van der Waals surface area contributed by atoms with Crippen LogP contribution in [-0.2, 0) is 0 Å². The Kier molecular flexibility index (Phi) is 3.07. The van der Waals surface area contributed by atoms with Gasteiger partial charge in [0.25, 0.3) is 5.88 Å². The van der Waals surface area contributed by atoms with Crippen LogP contribution < -0.4 is 9.47 Å². The highest BCUT2D eigenvalue weighted by Gasteiger charge is 2.13. The molecule has 66 valence electrons. The fraction of sp³-hybridized carbons (Fsp3) is 0.286. The summed E-state index contributed by atoms with van der Waals surface area (Å²) in [5.41, 5.74) is 0. The second-order valence-corrected chi connectivity index (χ2v) is 3.04. The molecule has 0 saturated carbocycles. The second kappa shape index (κ2) is 3.88. The Balaban J connectivity index is 3.25. The number of rotatable bonds is 2. The first kappa shape index (κ1) is 9.50. The van der Waals surface area contributed by atoms with Crippen LogP contribution in [0.25, 0.3) is 0 Å². The maximum absolute atomic E-state index is 12.9. The van der Waals surface area contributed by atoms with Crippen molar-refractivity contribution in [1.82, 2.24) is 4.98 Å². The van der Waals surface area contributed by atoms with Gasteiger partial charge in [-0.15, -0.1) is 0 Å². The van der Waals surface area contributed by atoms with Crippen molar-refractivity contribution in [2.45, 2.75) is 0 Å². The van der Waals surface area contributed by atoms with Gasteiger partial charge >= 0.3 is 0 Å². The van der Waals surface area contributed by atoms with E-state index in [4.69, 9.17) is 9.47 Å². The molecule has 0 aromatic carbocycles. The molecule has 1 aromatic heterocycles. The first-order valence-electron chi connectivity index (χ1n) is 3.12. The van der Waals surface area contributed by atoms with Gasteiger partial charge in [-0.25, -0.2) is 9.37 Å². The molecule has 12 heavy (non-hydrogen) atoms. The number of pyridine rings is 1. The van der Waals surface area contributed by atoms with Crippen LogP contribution in [0.15, 0.2) is 6.20 Å². The normalized spacial score (nSPS) is 9.67. The smallest absolute Gasteiger partial charge is 0.258 e. The summed E-state index contributed by atoms with van der Waals surface area (Å²) in [4.78, 5) is 3.70. The van der Waals surface area contributed by atoms with Gasteiger partial charge in [0.15, 0.2) is 11.6 Å². The maximum atomic E-state index is 12.9. The Morgan fingerprint density at radius 1 is 1.42 bits per heavy atom. The molecule has 0 aliphatic carbocycles. The Labute approximate surface area is 83.0 Å². The van der Waals surface area contributed by atoms with Crippen LogP contribution in [-0.4, -0.2) is 19.2 Å². The molecule has 0 amide bonds. The van der Waals surface area contributed by atoms with Crippen molar-refractivity contribution >= 4 is 22.6 Å². The summed E-state index contributed by atoms with van der Waals surface area (Å²) in [6.07, 6.45) is 1.10. The van der Waals surface area contributed by atoms with E-state index in [0.717, 1.165) is 6.20 Å². The highest BCUT2D eigenvalue weighted by atomic mass is 127. The minimum atomic E-state index is -0.409. The predicted octanol–water partition coefficient (Wildman–Crippen LogP) is 1.84. The van der Waals surface area contributed by atoms with Gasteiger partial charge in [0.2, 0.25) is 0 Å². The summed E-state index contributed by atoms with van der Waals surface area (Å²) >= 11 is 1.83. The van der Waals surface area contributed by atoms with Gasteiger partial charge in [-0.05, 0) is 22.6 Å². The van der Waals surface area contributed by atoms with Gasteiger partial charge in [0.1, 0.15) is 0 Å². The summed E-state index contributed by atoms with van der Waals surface area (Å²) in [6, 6.07) is 0. The molecule has 3 nitrogen and oxygen atoms in total. The number of methoxy groups -OCH3 is 2. The standard InChI is InChI=1S/C7H7FINO2/c1-11-6-5(9)4(8)3-10-7(6)12-2/h3H,1-2H3. The number of nitrogens with zero attached hydrogens (tertiary/aromatic N) is 1. The zero-order valence-corrected chi connectivity index (χ0v) is 8.75. The molecule has 0 spiro atoms. The van der Waals surface area contributed by atoms with Crippen LogP contribution in [0.4, 0.5) is 4.39 Å². The van der Waals surface area contributed by atoms with E-state index in [2.05, 4.69) is 4.98 Å². The van der Waals surface area contributed by atoms with Crippen LogP contribution in [0.3, 0.4) is 0 Å². The molecule has 0 radical (unpaired) electrons. The summed E-state index contributed by atoms with van der Waals surface area (Å²) in [6.45, 7) is 0. The molecule has 0 bridgehead atoms. The van der Waals surface area contributed by atoms with Gasteiger partial charge in [-0.1, -0.05) is 0 Å². The van der Waals surface area contributed by atoms with E-state index in [9.17, 15) is 4.39 Å². The molecule has 1 aromatic rings. The zero-order valence-electron chi connectivity index (χ0n) is 6.60. The molecular weight excluding hydrogens is 276 g/mol. The van der Waals surface area contributed by atoms with Crippen molar-refractivity contribution in [1.29, 1.82) is 0 Å². The molecule has 0 saturated heterocycles. The molecule has 0 fully saturated rings. The third kappa shape index (κ3) is 1.60. The zero-order chi connectivity index (χ0) is 9.14. The Morgan fingerprint density at radius 2 is 2.08 bits per heavy atom. The molecule has 0 N–H and O–H groups in total. The van der Waals surface area contributed by atoms with Crippen LogP contribution >= 0.6 is 22.6 Å². The van der Waals surface area contributed by atoms with Crippen molar-refractivity contribution in [2.24, 2.45) is 0 Å². The third-order valence-electron chi connectivity index (χ3n) is 1.30. The van der Waals surface area contributed by atoms with E-state index in [1.807, 2.05) is 22.6 Å². The molecule has 0 atom stereocenters. The Morgan fingerprint density at radius 3 is 2.58 bits per heavy atom. The molecule has 0 unspecified atom stereocenters. The number of hydrogen-bond donors (Lipinski definition) is 0. The third-order valence-corrected chi connectivity index (χ3v) is 2.30. The molecule has 0 aliphatic heterocycles. The lowest BCUT2D eigenvalue weighted by Gasteiger charge is -2.07. The Hall–Kier alpha value is -0.590. The van der Waals surface area contributed by atoms with Crippen LogP contribution in [0.1, 0.15) is 0 Å². The predicted molar refractivity (Wildman–Crippen MR) is 50.0 cm³/mol. The van der Waals surface area contributed by atoms with Gasteiger partial charge in [0.05, 0.1) is 24.0 Å². The monoisotopic (exact) mass is 283 g/mol. The van der Waals surface area contributed by atoms with Gasteiger partial charge in [-0.2, -0.15) is 0 Å². The van der Waals surface area contributed by atoms with E-state index in [1.54, 1.807) is 0 Å². The number of hydrogen-bond acceptors (Lipinski definition) is 3. The second-order valence-electron chi connectivity index (χ2n) is 1.96. The van der Waals surface area contributed by atoms with Gasteiger partial charge in [-0.3, -0.25) is 0 Å². The minimum Gasteiger partial charge on any atom is -0.490 e. The van der Waals surface area contributed by atoms with Crippen LogP contribution in [0, 0.1) is 9.39 Å². The number of aromatic nitrogens is 1. The number of ether oxygens (including phenoxy) is 2. The minimum absolute atomic E-state index is 0.295. The van der Waals surface area contributed by atoms with E-state index < -0.39 is 5.82 Å². The summed E-state index contributed by atoms with van der Waals surface area (Å²) < 4.78 is 23.0. The highest BCUT2D eigenvalue weighted by molar-refractivity contribution is 14.1. The highest BCUT2D eigenvalue weighted by Crippen LogP contribution is 2.30. The van der Waals surface area contributed by atoms with E-state index in [-0.39, 0.29) is 0 Å². The largest absolute Gasteiger partial charge is 0.490 e. The van der Waals surface area contributed by atoms with E-state index >= 15 is 0 Å². The average Bonchev–Trinajstić information content (AvgIpc) is 2.09. The topological polar surface area (TPSA) is 31.4 Å². The van der Waals surface area contributed by atoms with Crippen molar-refractivity contribution < 1.29 is 13.9 Å². The maximum Gasteiger partial charge on any atom is 0.258 e. The summed E-state index contributed by atoms with van der Waals surface area (Å²) in [5, 5.41) is 0.